The molecule has 4 nitrogen and oxygen atoms in total. The number of rotatable bonds is 4. The third-order valence-electron chi connectivity index (χ3n) is 2.75. The predicted octanol–water partition coefficient (Wildman–Crippen LogP) is 1.78. The van der Waals surface area contributed by atoms with Crippen molar-refractivity contribution in [1.29, 1.82) is 0 Å². The number of thioether (sulfide) groups is 1. The minimum atomic E-state index is -3.84. The molecule has 1 fully saturated rings. The first-order valence-corrected chi connectivity index (χ1v) is 8.34. The van der Waals surface area contributed by atoms with Gasteiger partial charge in [-0.1, -0.05) is 6.42 Å². The number of sulfonamides is 1. The molecule has 100 valence electrons. The molecule has 1 N–H and O–H groups in total. The molecule has 0 saturated carbocycles. The summed E-state index contributed by atoms with van der Waals surface area (Å²) in [6.07, 6.45) is 4.57. The Balaban J connectivity index is 2.01. The van der Waals surface area contributed by atoms with Crippen molar-refractivity contribution in [3.8, 4) is 0 Å². The highest BCUT2D eigenvalue weighted by atomic mass is 32.2. The number of hydrogen-bond donors (Lipinski definition) is 1. The molecule has 0 bridgehead atoms. The standard InChI is InChI=1S/C11H15FN2O2S2/c12-10-5-3-6-13-11(10)18(15,16)14-8-9-4-1-2-7-17-9/h3,5-6,9,14H,1-2,4,7-8H2. The predicted molar refractivity (Wildman–Crippen MR) is 69.5 cm³/mol. The van der Waals surface area contributed by atoms with Crippen LogP contribution in [0.25, 0.3) is 0 Å². The number of halogens is 1. The van der Waals surface area contributed by atoms with Gasteiger partial charge in [0.2, 0.25) is 5.03 Å². The Labute approximate surface area is 110 Å². The van der Waals surface area contributed by atoms with Crippen LogP contribution in [0.1, 0.15) is 19.3 Å². The zero-order chi connectivity index (χ0) is 13.0. The Bertz CT molecular complexity index is 502. The summed E-state index contributed by atoms with van der Waals surface area (Å²) in [6, 6.07) is 2.46. The summed E-state index contributed by atoms with van der Waals surface area (Å²) in [4.78, 5) is 3.58. The van der Waals surface area contributed by atoms with E-state index >= 15 is 0 Å². The topological polar surface area (TPSA) is 59.1 Å². The highest BCUT2D eigenvalue weighted by Gasteiger charge is 2.22. The summed E-state index contributed by atoms with van der Waals surface area (Å²) in [5.74, 6) is 0.242. The van der Waals surface area contributed by atoms with E-state index in [1.807, 2.05) is 0 Å². The van der Waals surface area contributed by atoms with Crippen molar-refractivity contribution in [3.05, 3.63) is 24.1 Å². The van der Waals surface area contributed by atoms with Gasteiger partial charge in [0.1, 0.15) is 0 Å². The molecule has 2 rings (SSSR count). The van der Waals surface area contributed by atoms with E-state index in [0.717, 1.165) is 24.7 Å². The zero-order valence-corrected chi connectivity index (χ0v) is 11.4. The van der Waals surface area contributed by atoms with Gasteiger partial charge < -0.3 is 0 Å². The van der Waals surface area contributed by atoms with Crippen LogP contribution in [0.2, 0.25) is 0 Å². The van der Waals surface area contributed by atoms with E-state index in [2.05, 4.69) is 9.71 Å². The van der Waals surface area contributed by atoms with Gasteiger partial charge in [-0.3, -0.25) is 0 Å². The maximum absolute atomic E-state index is 13.4. The monoisotopic (exact) mass is 290 g/mol. The van der Waals surface area contributed by atoms with Gasteiger partial charge in [-0.2, -0.15) is 11.8 Å². The third-order valence-corrected chi connectivity index (χ3v) is 5.51. The maximum atomic E-state index is 13.4. The van der Waals surface area contributed by atoms with E-state index in [9.17, 15) is 12.8 Å². The van der Waals surface area contributed by atoms with Crippen LogP contribution >= 0.6 is 11.8 Å². The lowest BCUT2D eigenvalue weighted by atomic mass is 10.2. The molecule has 1 saturated heterocycles. The first-order valence-electron chi connectivity index (χ1n) is 5.81. The molecule has 1 unspecified atom stereocenters. The van der Waals surface area contributed by atoms with Crippen LogP contribution in [0.5, 0.6) is 0 Å². The van der Waals surface area contributed by atoms with Crippen molar-refractivity contribution in [2.45, 2.75) is 29.5 Å². The Morgan fingerprint density at radius 2 is 2.33 bits per heavy atom. The molecular weight excluding hydrogens is 275 g/mol. The van der Waals surface area contributed by atoms with Crippen LogP contribution in [0.3, 0.4) is 0 Å². The van der Waals surface area contributed by atoms with Gasteiger partial charge in [-0.15, -0.1) is 0 Å². The first-order chi connectivity index (χ1) is 8.59. The van der Waals surface area contributed by atoms with Crippen LogP contribution in [0.4, 0.5) is 4.39 Å². The van der Waals surface area contributed by atoms with Gasteiger partial charge in [0.15, 0.2) is 5.82 Å². The minimum absolute atomic E-state index is 0.278. The Kier molecular flexibility index (Phi) is 4.58. The van der Waals surface area contributed by atoms with Crippen molar-refractivity contribution in [2.24, 2.45) is 0 Å². The fourth-order valence-electron chi connectivity index (χ4n) is 1.81. The Morgan fingerprint density at radius 3 is 3.00 bits per heavy atom. The lowest BCUT2D eigenvalue weighted by Gasteiger charge is -2.21. The van der Waals surface area contributed by atoms with E-state index in [0.29, 0.717) is 6.54 Å². The largest absolute Gasteiger partial charge is 0.261 e. The highest BCUT2D eigenvalue weighted by molar-refractivity contribution is 8.00. The highest BCUT2D eigenvalue weighted by Crippen LogP contribution is 2.24. The average Bonchev–Trinajstić information content (AvgIpc) is 2.38. The normalized spacial score (nSPS) is 20.8. The fraction of sp³-hybridized carbons (Fsp3) is 0.545. The second-order valence-corrected chi connectivity index (χ2v) is 7.22. The molecule has 1 aliphatic rings. The van der Waals surface area contributed by atoms with E-state index in [1.54, 1.807) is 11.8 Å². The van der Waals surface area contributed by atoms with Crippen molar-refractivity contribution in [3.63, 3.8) is 0 Å². The second kappa shape index (κ2) is 5.99. The van der Waals surface area contributed by atoms with Crippen molar-refractivity contribution >= 4 is 21.8 Å². The Hall–Kier alpha value is -0.660. The van der Waals surface area contributed by atoms with Gasteiger partial charge >= 0.3 is 0 Å². The number of nitrogens with zero attached hydrogens (tertiary/aromatic N) is 1. The molecular formula is C11H15FN2O2S2. The number of pyridine rings is 1. The molecule has 0 amide bonds. The molecule has 1 aromatic rings. The van der Waals surface area contributed by atoms with Crippen LogP contribution in [-0.4, -0.2) is 30.9 Å². The number of hydrogen-bond acceptors (Lipinski definition) is 4. The van der Waals surface area contributed by atoms with Crippen molar-refractivity contribution in [1.82, 2.24) is 9.71 Å². The van der Waals surface area contributed by atoms with Crippen molar-refractivity contribution < 1.29 is 12.8 Å². The van der Waals surface area contributed by atoms with Crippen LogP contribution in [-0.2, 0) is 10.0 Å². The summed E-state index contributed by atoms with van der Waals surface area (Å²) in [5.41, 5.74) is 0. The van der Waals surface area contributed by atoms with E-state index in [-0.39, 0.29) is 5.25 Å². The summed E-state index contributed by atoms with van der Waals surface area (Å²) < 4.78 is 39.5. The van der Waals surface area contributed by atoms with Gasteiger partial charge in [0.25, 0.3) is 10.0 Å². The first kappa shape index (κ1) is 13.8. The maximum Gasteiger partial charge on any atom is 0.261 e. The molecule has 0 spiro atoms. The Morgan fingerprint density at radius 1 is 1.50 bits per heavy atom. The molecule has 0 aliphatic carbocycles. The molecule has 1 atom stereocenters. The SMILES string of the molecule is O=S(=O)(NCC1CCCCS1)c1ncccc1F. The summed E-state index contributed by atoms with van der Waals surface area (Å²) in [6.45, 7) is 0.336. The average molecular weight is 290 g/mol. The van der Waals surface area contributed by atoms with Crippen LogP contribution < -0.4 is 4.72 Å². The molecule has 2 heterocycles. The number of nitrogens with one attached hydrogen (secondary N) is 1. The quantitative estimate of drug-likeness (QED) is 0.918. The van der Waals surface area contributed by atoms with E-state index in [4.69, 9.17) is 0 Å². The van der Waals surface area contributed by atoms with Gasteiger partial charge in [0.05, 0.1) is 0 Å². The van der Waals surface area contributed by atoms with Gasteiger partial charge in [-0.25, -0.2) is 22.5 Å². The van der Waals surface area contributed by atoms with Gasteiger partial charge in [-0.05, 0) is 30.7 Å². The zero-order valence-electron chi connectivity index (χ0n) is 9.80. The third kappa shape index (κ3) is 3.43. The van der Waals surface area contributed by atoms with E-state index < -0.39 is 20.9 Å². The number of aromatic nitrogens is 1. The molecule has 0 aromatic carbocycles. The molecule has 0 radical (unpaired) electrons. The summed E-state index contributed by atoms with van der Waals surface area (Å²) >= 11 is 1.76. The van der Waals surface area contributed by atoms with Crippen molar-refractivity contribution in [2.75, 3.05) is 12.3 Å². The molecule has 7 heteroatoms. The van der Waals surface area contributed by atoms with E-state index in [1.165, 1.54) is 18.7 Å². The molecule has 1 aliphatic heterocycles. The summed E-state index contributed by atoms with van der Waals surface area (Å²) in [5, 5.41) is -0.244. The summed E-state index contributed by atoms with van der Waals surface area (Å²) in [7, 11) is -3.84. The van der Waals surface area contributed by atoms with Crippen LogP contribution in [0, 0.1) is 5.82 Å². The fourth-order valence-corrected chi connectivity index (χ4v) is 4.23. The minimum Gasteiger partial charge on any atom is -0.241 e. The molecule has 1 aromatic heterocycles. The lowest BCUT2D eigenvalue weighted by Crippen LogP contribution is -2.32. The second-order valence-electron chi connectivity index (χ2n) is 4.13. The lowest BCUT2D eigenvalue weighted by molar-refractivity contribution is 0.541. The smallest absolute Gasteiger partial charge is 0.241 e. The molecule has 18 heavy (non-hydrogen) atoms. The van der Waals surface area contributed by atoms with Crippen LogP contribution in [0.15, 0.2) is 23.4 Å². The van der Waals surface area contributed by atoms with Gasteiger partial charge in [0, 0.05) is 18.0 Å².